The molecular weight excluding hydrogens is 321 g/mol. The van der Waals surface area contributed by atoms with Gasteiger partial charge in [-0.05, 0) is 49.2 Å². The van der Waals surface area contributed by atoms with Gasteiger partial charge in [-0.2, -0.15) is 0 Å². The Kier molecular flexibility index (Phi) is 5.69. The van der Waals surface area contributed by atoms with E-state index in [0.717, 1.165) is 11.1 Å². The van der Waals surface area contributed by atoms with Crippen molar-refractivity contribution in [3.63, 3.8) is 0 Å². The van der Waals surface area contributed by atoms with Crippen LogP contribution >= 0.6 is 23.2 Å². The summed E-state index contributed by atoms with van der Waals surface area (Å²) in [6.45, 7) is 3.95. The van der Waals surface area contributed by atoms with Crippen LogP contribution in [0.25, 0.3) is 0 Å². The third-order valence-corrected chi connectivity index (χ3v) is 4.02. The Morgan fingerprint density at radius 1 is 1.18 bits per heavy atom. The molecule has 0 saturated heterocycles. The summed E-state index contributed by atoms with van der Waals surface area (Å²) >= 11 is 12.0. The number of hydrogen-bond donors (Lipinski definition) is 1. The van der Waals surface area contributed by atoms with Crippen LogP contribution in [0.2, 0.25) is 10.0 Å². The number of nitrogens with one attached hydrogen (secondary N) is 1. The quantitative estimate of drug-likeness (QED) is 0.878. The molecule has 0 heterocycles. The molecule has 5 heteroatoms. The van der Waals surface area contributed by atoms with Crippen LogP contribution in [0.5, 0.6) is 5.75 Å². The first-order valence-corrected chi connectivity index (χ1v) is 7.67. The molecule has 0 saturated carbocycles. The smallest absolute Gasteiger partial charge is 0.261 e. The van der Waals surface area contributed by atoms with Gasteiger partial charge in [0.05, 0.1) is 0 Å². The molecule has 0 radical (unpaired) electrons. The summed E-state index contributed by atoms with van der Waals surface area (Å²) in [7, 11) is 0. The Bertz CT molecular complexity index is 673. The highest BCUT2D eigenvalue weighted by Gasteiger charge is 2.15. The number of halogens is 2. The van der Waals surface area contributed by atoms with E-state index in [1.54, 1.807) is 31.2 Å². The van der Waals surface area contributed by atoms with Crippen molar-refractivity contribution in [3.05, 3.63) is 63.6 Å². The van der Waals surface area contributed by atoms with Crippen LogP contribution in [0.3, 0.4) is 0 Å². The highest BCUT2D eigenvalue weighted by atomic mass is 35.5. The Labute approximate surface area is 140 Å². The van der Waals surface area contributed by atoms with Gasteiger partial charge in [0.1, 0.15) is 5.75 Å². The number of ether oxygens (including phenoxy) is 1. The minimum Gasteiger partial charge on any atom is -0.481 e. The maximum atomic E-state index is 12.1. The molecule has 1 unspecified atom stereocenters. The number of hydrogen-bond acceptors (Lipinski definition) is 2. The van der Waals surface area contributed by atoms with Crippen molar-refractivity contribution in [2.24, 2.45) is 0 Å². The molecule has 0 spiro atoms. The maximum absolute atomic E-state index is 12.1. The van der Waals surface area contributed by atoms with Gasteiger partial charge in [-0.3, -0.25) is 4.79 Å². The monoisotopic (exact) mass is 337 g/mol. The predicted molar refractivity (Wildman–Crippen MR) is 89.6 cm³/mol. The summed E-state index contributed by atoms with van der Waals surface area (Å²) in [4.78, 5) is 12.1. The molecule has 0 fully saturated rings. The summed E-state index contributed by atoms with van der Waals surface area (Å²) in [5, 5.41) is 4.11. The normalized spacial score (nSPS) is 11.8. The van der Waals surface area contributed by atoms with Gasteiger partial charge in [0.2, 0.25) is 0 Å². The molecule has 1 N–H and O–H groups in total. The molecule has 22 heavy (non-hydrogen) atoms. The van der Waals surface area contributed by atoms with Crippen LogP contribution in [0.4, 0.5) is 0 Å². The fourth-order valence-electron chi connectivity index (χ4n) is 1.92. The van der Waals surface area contributed by atoms with E-state index in [4.69, 9.17) is 27.9 Å². The van der Waals surface area contributed by atoms with E-state index >= 15 is 0 Å². The van der Waals surface area contributed by atoms with Gasteiger partial charge >= 0.3 is 0 Å². The molecule has 0 aliphatic carbocycles. The second-order valence-corrected chi connectivity index (χ2v) is 5.79. The zero-order valence-corrected chi connectivity index (χ0v) is 13.9. The molecule has 0 bridgehead atoms. The van der Waals surface area contributed by atoms with Crippen molar-refractivity contribution in [2.75, 3.05) is 0 Å². The molecule has 2 aromatic rings. The van der Waals surface area contributed by atoms with Crippen LogP contribution in [-0.2, 0) is 11.3 Å². The molecule has 3 nitrogen and oxygen atoms in total. The van der Waals surface area contributed by atoms with Gasteiger partial charge < -0.3 is 10.1 Å². The van der Waals surface area contributed by atoms with Crippen LogP contribution < -0.4 is 10.1 Å². The van der Waals surface area contributed by atoms with Gasteiger partial charge in [-0.25, -0.2) is 0 Å². The third kappa shape index (κ3) is 4.39. The van der Waals surface area contributed by atoms with Crippen LogP contribution in [0.1, 0.15) is 18.1 Å². The first kappa shape index (κ1) is 16.7. The van der Waals surface area contributed by atoms with Gasteiger partial charge in [-0.1, -0.05) is 41.4 Å². The minimum atomic E-state index is -0.608. The summed E-state index contributed by atoms with van der Waals surface area (Å²) in [6.07, 6.45) is -0.608. The third-order valence-electron chi connectivity index (χ3n) is 3.22. The highest BCUT2D eigenvalue weighted by molar-refractivity contribution is 6.31. The van der Waals surface area contributed by atoms with E-state index in [-0.39, 0.29) is 5.91 Å². The lowest BCUT2D eigenvalue weighted by Gasteiger charge is -2.15. The fourth-order valence-corrected chi connectivity index (χ4v) is 2.24. The first-order chi connectivity index (χ1) is 10.5. The number of aryl methyl sites for hydroxylation is 1. The molecule has 0 aliphatic rings. The molecule has 2 aromatic carbocycles. The van der Waals surface area contributed by atoms with Crippen molar-refractivity contribution < 1.29 is 9.53 Å². The number of amides is 1. The average molecular weight is 338 g/mol. The van der Waals surface area contributed by atoms with E-state index < -0.39 is 6.10 Å². The number of carbonyl (C=O) groups is 1. The van der Waals surface area contributed by atoms with Crippen molar-refractivity contribution in [3.8, 4) is 5.75 Å². The Morgan fingerprint density at radius 3 is 2.59 bits per heavy atom. The molecule has 116 valence electrons. The topological polar surface area (TPSA) is 38.3 Å². The van der Waals surface area contributed by atoms with Crippen molar-refractivity contribution in [1.29, 1.82) is 0 Å². The van der Waals surface area contributed by atoms with E-state index in [1.807, 2.05) is 25.1 Å². The number of rotatable bonds is 5. The number of carbonyl (C=O) groups excluding carboxylic acids is 1. The molecule has 0 aromatic heterocycles. The minimum absolute atomic E-state index is 0.201. The summed E-state index contributed by atoms with van der Waals surface area (Å²) in [6, 6.07) is 12.7. The van der Waals surface area contributed by atoms with Gasteiger partial charge in [0.25, 0.3) is 5.91 Å². The lowest BCUT2D eigenvalue weighted by atomic mass is 10.2. The van der Waals surface area contributed by atoms with Gasteiger partial charge in [0, 0.05) is 16.6 Å². The largest absolute Gasteiger partial charge is 0.481 e. The van der Waals surface area contributed by atoms with E-state index in [0.29, 0.717) is 22.3 Å². The maximum Gasteiger partial charge on any atom is 0.261 e. The molecule has 0 aliphatic heterocycles. The lowest BCUT2D eigenvalue weighted by molar-refractivity contribution is -0.127. The zero-order chi connectivity index (χ0) is 16.1. The van der Waals surface area contributed by atoms with Crippen LogP contribution in [0.15, 0.2) is 42.5 Å². The Balaban J connectivity index is 1.92. The molecule has 2 rings (SSSR count). The van der Waals surface area contributed by atoms with Crippen LogP contribution in [0, 0.1) is 6.92 Å². The molecular formula is C17H17Cl2NO2. The second-order valence-electron chi connectivity index (χ2n) is 4.98. The molecule has 1 atom stereocenters. The summed E-state index contributed by atoms with van der Waals surface area (Å²) in [5.74, 6) is 0.412. The summed E-state index contributed by atoms with van der Waals surface area (Å²) in [5.41, 5.74) is 1.77. The van der Waals surface area contributed by atoms with Gasteiger partial charge in [-0.15, -0.1) is 0 Å². The first-order valence-electron chi connectivity index (χ1n) is 6.91. The van der Waals surface area contributed by atoms with E-state index in [1.165, 1.54) is 0 Å². The van der Waals surface area contributed by atoms with Crippen LogP contribution in [-0.4, -0.2) is 12.0 Å². The average Bonchev–Trinajstić information content (AvgIpc) is 2.50. The lowest BCUT2D eigenvalue weighted by Crippen LogP contribution is -2.35. The molecule has 1 amide bonds. The fraction of sp³-hybridized carbons (Fsp3) is 0.235. The van der Waals surface area contributed by atoms with Crippen molar-refractivity contribution in [2.45, 2.75) is 26.5 Å². The highest BCUT2D eigenvalue weighted by Crippen LogP contribution is 2.22. The Hall–Kier alpha value is -1.71. The summed E-state index contributed by atoms with van der Waals surface area (Å²) < 4.78 is 5.63. The van der Waals surface area contributed by atoms with Gasteiger partial charge in [0.15, 0.2) is 6.10 Å². The Morgan fingerprint density at radius 2 is 1.91 bits per heavy atom. The number of benzene rings is 2. The van der Waals surface area contributed by atoms with E-state index in [9.17, 15) is 4.79 Å². The second kappa shape index (κ2) is 7.52. The zero-order valence-electron chi connectivity index (χ0n) is 12.4. The van der Waals surface area contributed by atoms with Crippen molar-refractivity contribution in [1.82, 2.24) is 5.32 Å². The predicted octanol–water partition coefficient (Wildman–Crippen LogP) is 4.39. The van der Waals surface area contributed by atoms with E-state index in [2.05, 4.69) is 5.32 Å². The standard InChI is InChI=1S/C17H17Cl2NO2/c1-11-9-14(7-8-15(11)18)22-12(2)17(21)20-10-13-5-3-4-6-16(13)19/h3-9,12H,10H2,1-2H3,(H,20,21). The SMILES string of the molecule is Cc1cc(OC(C)C(=O)NCc2ccccc2Cl)ccc1Cl. The van der Waals surface area contributed by atoms with Crippen molar-refractivity contribution >= 4 is 29.1 Å².